The highest BCUT2D eigenvalue weighted by Gasteiger charge is 2.16. The van der Waals surface area contributed by atoms with Crippen molar-refractivity contribution in [2.24, 2.45) is 5.73 Å². The highest BCUT2D eigenvalue weighted by molar-refractivity contribution is 7.91. The molecule has 0 amide bonds. The molecule has 0 aliphatic rings. The van der Waals surface area contributed by atoms with E-state index in [0.29, 0.717) is 17.3 Å². The Kier molecular flexibility index (Phi) is 4.42. The molecule has 0 radical (unpaired) electrons. The summed E-state index contributed by atoms with van der Waals surface area (Å²) in [7, 11) is -3.43. The van der Waals surface area contributed by atoms with Gasteiger partial charge in [0.05, 0.1) is 0 Å². The Hall–Kier alpha value is -0.730. The van der Waals surface area contributed by atoms with Gasteiger partial charge < -0.3 is 5.73 Å². The van der Waals surface area contributed by atoms with Gasteiger partial charge in [0.1, 0.15) is 4.21 Å². The van der Waals surface area contributed by atoms with Crippen LogP contribution in [0.5, 0.6) is 0 Å². The number of hydrogen-bond donors (Lipinski definition) is 2. The van der Waals surface area contributed by atoms with Gasteiger partial charge in [-0.15, -0.1) is 22.7 Å². The summed E-state index contributed by atoms with van der Waals surface area (Å²) >= 11 is 2.83. The normalized spacial score (nSPS) is 11.9. The Balaban J connectivity index is 2.09. The summed E-state index contributed by atoms with van der Waals surface area (Å²) in [5.41, 5.74) is 6.68. The number of sulfonamides is 1. The van der Waals surface area contributed by atoms with Gasteiger partial charge in [-0.1, -0.05) is 0 Å². The Bertz CT molecular complexity index is 651. The van der Waals surface area contributed by atoms with Crippen LogP contribution in [0.4, 0.5) is 0 Å². The predicted octanol–water partition coefficient (Wildman–Crippen LogP) is 2.36. The quantitative estimate of drug-likeness (QED) is 0.889. The standard InChI is InChI=1S/C12H16N2O2S3/c1-8-5-11(17-9(8)2)7-14-19(15,16)12-4-3-10(6-13)18-12/h3-5,14H,6-7,13H2,1-2H3. The fraction of sp³-hybridized carbons (Fsp3) is 0.333. The molecule has 0 aromatic carbocycles. The molecule has 2 heterocycles. The molecule has 2 rings (SSSR count). The van der Waals surface area contributed by atoms with Crippen molar-refractivity contribution in [3.05, 3.63) is 38.4 Å². The molecule has 0 bridgehead atoms. The minimum absolute atomic E-state index is 0.318. The second-order valence-electron chi connectivity index (χ2n) is 4.20. The molecule has 2 aromatic heterocycles. The molecule has 3 N–H and O–H groups in total. The van der Waals surface area contributed by atoms with Gasteiger partial charge in [0.2, 0.25) is 10.0 Å². The van der Waals surface area contributed by atoms with E-state index in [1.54, 1.807) is 23.5 Å². The Morgan fingerprint density at radius 3 is 2.47 bits per heavy atom. The maximum Gasteiger partial charge on any atom is 0.250 e. The molecule has 0 aliphatic carbocycles. The summed E-state index contributed by atoms with van der Waals surface area (Å²) < 4.78 is 27.1. The second kappa shape index (κ2) is 5.72. The first-order valence-electron chi connectivity index (χ1n) is 5.77. The molecule has 104 valence electrons. The van der Waals surface area contributed by atoms with Gasteiger partial charge in [0, 0.05) is 27.7 Å². The van der Waals surface area contributed by atoms with E-state index in [9.17, 15) is 8.42 Å². The molecule has 0 fully saturated rings. The number of thiophene rings is 2. The summed E-state index contributed by atoms with van der Waals surface area (Å²) in [4.78, 5) is 3.10. The van der Waals surface area contributed by atoms with Gasteiger partial charge in [-0.3, -0.25) is 0 Å². The SMILES string of the molecule is Cc1cc(CNS(=O)(=O)c2ccc(CN)s2)sc1C. The lowest BCUT2D eigenvalue weighted by Gasteiger charge is -2.02. The van der Waals surface area contributed by atoms with E-state index in [0.717, 1.165) is 9.75 Å². The smallest absolute Gasteiger partial charge is 0.250 e. The molecule has 0 spiro atoms. The fourth-order valence-corrected chi connectivity index (χ4v) is 4.96. The summed E-state index contributed by atoms with van der Waals surface area (Å²) in [6.45, 7) is 4.75. The van der Waals surface area contributed by atoms with Crippen LogP contribution in [0.2, 0.25) is 0 Å². The molecule has 0 atom stereocenters. The lowest BCUT2D eigenvalue weighted by atomic mass is 10.3. The van der Waals surface area contributed by atoms with E-state index in [2.05, 4.69) is 4.72 Å². The lowest BCUT2D eigenvalue weighted by Crippen LogP contribution is -2.21. The van der Waals surface area contributed by atoms with Crippen molar-refractivity contribution in [3.8, 4) is 0 Å². The number of aryl methyl sites for hydroxylation is 2. The first-order valence-corrected chi connectivity index (χ1v) is 8.88. The Morgan fingerprint density at radius 1 is 1.21 bits per heavy atom. The molecule has 4 nitrogen and oxygen atoms in total. The van der Waals surface area contributed by atoms with Gasteiger partial charge in [0.15, 0.2) is 0 Å². The van der Waals surface area contributed by atoms with Crippen LogP contribution < -0.4 is 10.5 Å². The zero-order valence-electron chi connectivity index (χ0n) is 10.8. The Labute approximate surface area is 121 Å². The van der Waals surface area contributed by atoms with Crippen LogP contribution in [0.1, 0.15) is 20.2 Å². The molecule has 0 saturated carbocycles. The summed E-state index contributed by atoms with van der Waals surface area (Å²) in [6.07, 6.45) is 0. The highest BCUT2D eigenvalue weighted by atomic mass is 32.2. The highest BCUT2D eigenvalue weighted by Crippen LogP contribution is 2.23. The van der Waals surface area contributed by atoms with Gasteiger partial charge in [0.25, 0.3) is 0 Å². The molecule has 0 saturated heterocycles. The van der Waals surface area contributed by atoms with Crippen LogP contribution in [0, 0.1) is 13.8 Å². The zero-order valence-corrected chi connectivity index (χ0v) is 13.2. The van der Waals surface area contributed by atoms with E-state index in [1.807, 2.05) is 19.9 Å². The summed E-state index contributed by atoms with van der Waals surface area (Å²) in [5, 5.41) is 0. The third kappa shape index (κ3) is 3.43. The monoisotopic (exact) mass is 316 g/mol. The number of nitrogens with two attached hydrogens (primary N) is 1. The lowest BCUT2D eigenvalue weighted by molar-refractivity contribution is 0.584. The Morgan fingerprint density at radius 2 is 1.95 bits per heavy atom. The third-order valence-corrected chi connectivity index (χ3v) is 6.91. The van der Waals surface area contributed by atoms with E-state index >= 15 is 0 Å². The molecular formula is C12H16N2O2S3. The zero-order chi connectivity index (χ0) is 14.0. The van der Waals surface area contributed by atoms with Crippen LogP contribution in [-0.4, -0.2) is 8.42 Å². The van der Waals surface area contributed by atoms with Gasteiger partial charge in [-0.2, -0.15) is 0 Å². The minimum atomic E-state index is -3.43. The second-order valence-corrected chi connectivity index (χ2v) is 8.70. The topological polar surface area (TPSA) is 72.2 Å². The first-order chi connectivity index (χ1) is 8.92. The third-order valence-electron chi connectivity index (χ3n) is 2.76. The molecule has 7 heteroatoms. The number of rotatable bonds is 5. The van der Waals surface area contributed by atoms with Gasteiger partial charge >= 0.3 is 0 Å². The van der Waals surface area contributed by atoms with Crippen LogP contribution in [0.25, 0.3) is 0 Å². The van der Waals surface area contributed by atoms with Crippen molar-refractivity contribution < 1.29 is 8.42 Å². The minimum Gasteiger partial charge on any atom is -0.326 e. The summed E-state index contributed by atoms with van der Waals surface area (Å²) in [5.74, 6) is 0. The van der Waals surface area contributed by atoms with E-state index in [-0.39, 0.29) is 0 Å². The fourth-order valence-electron chi connectivity index (χ4n) is 1.59. The van der Waals surface area contributed by atoms with E-state index < -0.39 is 10.0 Å². The molecule has 2 aromatic rings. The molecule has 0 aliphatic heterocycles. The van der Waals surface area contributed by atoms with Crippen LogP contribution in [0.15, 0.2) is 22.4 Å². The number of hydrogen-bond acceptors (Lipinski definition) is 5. The van der Waals surface area contributed by atoms with Gasteiger partial charge in [-0.05, 0) is 37.6 Å². The van der Waals surface area contributed by atoms with Crippen molar-refractivity contribution in [1.29, 1.82) is 0 Å². The average molecular weight is 316 g/mol. The average Bonchev–Trinajstić information content (AvgIpc) is 2.95. The first kappa shape index (κ1) is 14.7. The van der Waals surface area contributed by atoms with Crippen LogP contribution >= 0.6 is 22.7 Å². The molecular weight excluding hydrogens is 300 g/mol. The number of nitrogens with one attached hydrogen (secondary N) is 1. The maximum absolute atomic E-state index is 12.1. The molecule has 19 heavy (non-hydrogen) atoms. The van der Waals surface area contributed by atoms with Crippen molar-refractivity contribution in [2.45, 2.75) is 31.1 Å². The van der Waals surface area contributed by atoms with Crippen molar-refractivity contribution in [3.63, 3.8) is 0 Å². The predicted molar refractivity (Wildman–Crippen MR) is 80.0 cm³/mol. The maximum atomic E-state index is 12.1. The van der Waals surface area contributed by atoms with Crippen molar-refractivity contribution >= 4 is 32.7 Å². The van der Waals surface area contributed by atoms with Crippen molar-refractivity contribution in [2.75, 3.05) is 0 Å². The molecule has 0 unspecified atom stereocenters. The van der Waals surface area contributed by atoms with E-state index in [1.165, 1.54) is 21.8 Å². The van der Waals surface area contributed by atoms with Gasteiger partial charge in [-0.25, -0.2) is 13.1 Å². The largest absolute Gasteiger partial charge is 0.326 e. The van der Waals surface area contributed by atoms with Crippen LogP contribution in [0.3, 0.4) is 0 Å². The van der Waals surface area contributed by atoms with Crippen molar-refractivity contribution in [1.82, 2.24) is 4.72 Å². The summed E-state index contributed by atoms with van der Waals surface area (Å²) in [6, 6.07) is 5.36. The van der Waals surface area contributed by atoms with E-state index in [4.69, 9.17) is 5.73 Å². The van der Waals surface area contributed by atoms with Crippen LogP contribution in [-0.2, 0) is 23.1 Å².